The van der Waals surface area contributed by atoms with E-state index < -0.39 is 5.54 Å². The van der Waals surface area contributed by atoms with Gasteiger partial charge in [0.05, 0.1) is 12.0 Å². The van der Waals surface area contributed by atoms with E-state index in [1.807, 2.05) is 42.7 Å². The summed E-state index contributed by atoms with van der Waals surface area (Å²) < 4.78 is 2.21. The van der Waals surface area contributed by atoms with Crippen molar-refractivity contribution in [1.29, 1.82) is 0 Å². The zero-order valence-corrected chi connectivity index (χ0v) is 20.8. The van der Waals surface area contributed by atoms with Gasteiger partial charge in [-0.15, -0.1) is 0 Å². The number of hydrogen-bond donors (Lipinski definition) is 1. The molecule has 0 saturated heterocycles. The Morgan fingerprint density at radius 2 is 1.35 bits per heavy atom. The van der Waals surface area contributed by atoms with Gasteiger partial charge in [-0.3, -0.25) is 4.79 Å². The Morgan fingerprint density at radius 3 is 1.86 bits per heavy atom. The van der Waals surface area contributed by atoms with Crippen LogP contribution in [0.15, 0.2) is 122 Å². The lowest BCUT2D eigenvalue weighted by molar-refractivity contribution is 0.0951. The molecule has 0 aliphatic heterocycles. The molecule has 1 amide bonds. The Morgan fingerprint density at radius 1 is 0.811 bits per heavy atom. The minimum atomic E-state index is -0.621. The largest absolute Gasteiger partial charge is 0.349 e. The molecule has 4 aromatic carbocycles. The summed E-state index contributed by atoms with van der Waals surface area (Å²) in [6.45, 7) is 2.07. The molecule has 1 fully saturated rings. The highest BCUT2D eigenvalue weighted by atomic mass is 16.1. The lowest BCUT2D eigenvalue weighted by Gasteiger charge is -2.37. The van der Waals surface area contributed by atoms with Crippen LogP contribution in [0.3, 0.4) is 0 Å². The predicted octanol–water partition coefficient (Wildman–Crippen LogP) is 6.59. The third-order valence-electron chi connectivity index (χ3n) is 7.23. The van der Waals surface area contributed by atoms with Crippen molar-refractivity contribution in [2.24, 2.45) is 0 Å². The first-order chi connectivity index (χ1) is 18.2. The van der Waals surface area contributed by atoms with Gasteiger partial charge in [-0.25, -0.2) is 4.98 Å². The number of rotatable bonds is 7. The third-order valence-corrected chi connectivity index (χ3v) is 7.23. The molecule has 4 nitrogen and oxygen atoms in total. The number of imidazole rings is 1. The number of amides is 1. The quantitative estimate of drug-likeness (QED) is 0.265. The van der Waals surface area contributed by atoms with E-state index in [1.54, 1.807) is 0 Å². The van der Waals surface area contributed by atoms with Crippen LogP contribution >= 0.6 is 0 Å². The van der Waals surface area contributed by atoms with Crippen molar-refractivity contribution in [2.75, 3.05) is 0 Å². The van der Waals surface area contributed by atoms with Gasteiger partial charge in [0, 0.05) is 23.4 Å². The molecule has 0 bridgehead atoms. The van der Waals surface area contributed by atoms with Crippen LogP contribution in [0.25, 0.3) is 11.3 Å². The van der Waals surface area contributed by atoms with E-state index in [0.29, 0.717) is 11.6 Å². The molecule has 0 atom stereocenters. The molecule has 6 rings (SSSR count). The van der Waals surface area contributed by atoms with Crippen molar-refractivity contribution < 1.29 is 4.79 Å². The van der Waals surface area contributed by atoms with Crippen LogP contribution in [0.1, 0.15) is 45.5 Å². The molecule has 0 spiro atoms. The summed E-state index contributed by atoms with van der Waals surface area (Å²) >= 11 is 0. The van der Waals surface area contributed by atoms with Gasteiger partial charge < -0.3 is 9.88 Å². The summed E-state index contributed by atoms with van der Waals surface area (Å²) in [5, 5.41) is 3.10. The number of benzene rings is 4. The fraction of sp³-hybridized carbons (Fsp3) is 0.152. The second-order valence-electron chi connectivity index (χ2n) is 9.75. The number of carbonyl (C=O) groups is 1. The lowest BCUT2D eigenvalue weighted by Crippen LogP contribution is -2.36. The van der Waals surface area contributed by atoms with Gasteiger partial charge in [0.1, 0.15) is 5.54 Å². The van der Waals surface area contributed by atoms with Crippen LogP contribution in [-0.4, -0.2) is 21.5 Å². The standard InChI is InChI=1S/C33H29N3O/c1-24-17-18-25(32(37)35-29-19-20-29)21-30(24)31-22-36(23-34-31)33(26-11-5-2-6-12-26,27-13-7-3-8-14-27)28-15-9-4-10-16-28/h2-18,21-23,29H,19-20H2,1H3,(H,35,37). The van der Waals surface area contributed by atoms with E-state index in [1.165, 1.54) is 0 Å². The van der Waals surface area contributed by atoms with Gasteiger partial charge in [0.15, 0.2) is 0 Å². The van der Waals surface area contributed by atoms with E-state index in [2.05, 4.69) is 95.8 Å². The fourth-order valence-electron chi connectivity index (χ4n) is 5.17. The Balaban J connectivity index is 1.53. The van der Waals surface area contributed by atoms with E-state index in [4.69, 9.17) is 4.98 Å². The molecule has 4 heteroatoms. The summed E-state index contributed by atoms with van der Waals surface area (Å²) in [4.78, 5) is 17.7. The molecular weight excluding hydrogens is 454 g/mol. The highest BCUT2D eigenvalue weighted by molar-refractivity contribution is 5.96. The highest BCUT2D eigenvalue weighted by Crippen LogP contribution is 2.41. The van der Waals surface area contributed by atoms with Crippen molar-refractivity contribution in [3.05, 3.63) is 150 Å². The van der Waals surface area contributed by atoms with Crippen molar-refractivity contribution in [3.63, 3.8) is 0 Å². The molecule has 37 heavy (non-hydrogen) atoms. The fourth-order valence-corrected chi connectivity index (χ4v) is 5.17. The highest BCUT2D eigenvalue weighted by Gasteiger charge is 2.38. The first-order valence-corrected chi connectivity index (χ1v) is 12.8. The van der Waals surface area contributed by atoms with Crippen LogP contribution in [-0.2, 0) is 5.54 Å². The molecule has 1 aliphatic rings. The van der Waals surface area contributed by atoms with Gasteiger partial charge in [0.2, 0.25) is 0 Å². The van der Waals surface area contributed by atoms with Gasteiger partial charge in [0.25, 0.3) is 5.91 Å². The molecule has 0 radical (unpaired) electrons. The Labute approximate surface area is 217 Å². The predicted molar refractivity (Wildman–Crippen MR) is 147 cm³/mol. The number of aromatic nitrogens is 2. The topological polar surface area (TPSA) is 46.9 Å². The average Bonchev–Trinajstić information content (AvgIpc) is 3.64. The lowest BCUT2D eigenvalue weighted by atomic mass is 9.77. The van der Waals surface area contributed by atoms with Gasteiger partial charge in [-0.2, -0.15) is 0 Å². The monoisotopic (exact) mass is 483 g/mol. The maximum atomic E-state index is 12.8. The van der Waals surface area contributed by atoms with Crippen LogP contribution in [0, 0.1) is 6.92 Å². The molecule has 182 valence electrons. The molecule has 1 heterocycles. The van der Waals surface area contributed by atoms with Crippen LogP contribution in [0.5, 0.6) is 0 Å². The first-order valence-electron chi connectivity index (χ1n) is 12.8. The maximum absolute atomic E-state index is 12.8. The number of carbonyl (C=O) groups excluding carboxylic acids is 1. The molecule has 1 aromatic heterocycles. The molecule has 1 aliphatic carbocycles. The normalized spacial score (nSPS) is 13.3. The Bertz CT molecular complexity index is 1420. The second kappa shape index (κ2) is 9.55. The number of nitrogens with one attached hydrogen (secondary N) is 1. The Hall–Kier alpha value is -4.44. The van der Waals surface area contributed by atoms with Crippen molar-refractivity contribution >= 4 is 5.91 Å². The third kappa shape index (κ3) is 4.25. The number of nitrogens with zero attached hydrogens (tertiary/aromatic N) is 2. The summed E-state index contributed by atoms with van der Waals surface area (Å²) in [5.74, 6) is -0.0182. The summed E-state index contributed by atoms with van der Waals surface area (Å²) in [7, 11) is 0. The maximum Gasteiger partial charge on any atom is 0.251 e. The SMILES string of the molecule is Cc1ccc(C(=O)NC2CC2)cc1-c1cn(C(c2ccccc2)(c2ccccc2)c2ccccc2)cn1. The smallest absolute Gasteiger partial charge is 0.251 e. The van der Waals surface area contributed by atoms with Gasteiger partial charge in [-0.1, -0.05) is 97.1 Å². The van der Waals surface area contributed by atoms with Crippen molar-refractivity contribution in [1.82, 2.24) is 14.9 Å². The van der Waals surface area contributed by atoms with Gasteiger partial charge >= 0.3 is 0 Å². The molecule has 1 N–H and O–H groups in total. The zero-order chi connectivity index (χ0) is 25.2. The summed E-state index contributed by atoms with van der Waals surface area (Å²) in [6.07, 6.45) is 6.15. The minimum Gasteiger partial charge on any atom is -0.349 e. The number of hydrogen-bond acceptors (Lipinski definition) is 2. The first kappa shape index (κ1) is 23.0. The Kier molecular flexibility index (Phi) is 5.93. The molecule has 5 aromatic rings. The summed E-state index contributed by atoms with van der Waals surface area (Å²) in [5.41, 5.74) is 6.36. The average molecular weight is 484 g/mol. The van der Waals surface area contributed by atoms with E-state index in [9.17, 15) is 4.79 Å². The summed E-state index contributed by atoms with van der Waals surface area (Å²) in [6, 6.07) is 37.9. The van der Waals surface area contributed by atoms with Gasteiger partial charge in [-0.05, 0) is 54.2 Å². The van der Waals surface area contributed by atoms with E-state index in [-0.39, 0.29) is 5.91 Å². The van der Waals surface area contributed by atoms with Crippen LogP contribution in [0.2, 0.25) is 0 Å². The van der Waals surface area contributed by atoms with Crippen molar-refractivity contribution in [3.8, 4) is 11.3 Å². The van der Waals surface area contributed by atoms with Crippen molar-refractivity contribution in [2.45, 2.75) is 31.3 Å². The van der Waals surface area contributed by atoms with E-state index >= 15 is 0 Å². The molecular formula is C33H29N3O. The van der Waals surface area contributed by atoms with Crippen LogP contribution in [0.4, 0.5) is 0 Å². The minimum absolute atomic E-state index is 0.0182. The molecule has 1 saturated carbocycles. The second-order valence-corrected chi connectivity index (χ2v) is 9.75. The number of aryl methyl sites for hydroxylation is 1. The zero-order valence-electron chi connectivity index (χ0n) is 20.8. The van der Waals surface area contributed by atoms with Crippen LogP contribution < -0.4 is 5.32 Å². The molecule has 0 unspecified atom stereocenters. The van der Waals surface area contributed by atoms with E-state index in [0.717, 1.165) is 46.4 Å².